The Balaban J connectivity index is 1.47. The summed E-state index contributed by atoms with van der Waals surface area (Å²) in [7, 11) is -4.36. The Morgan fingerprint density at radius 1 is 1.02 bits per heavy atom. The van der Waals surface area contributed by atoms with Crippen molar-refractivity contribution >= 4 is 33.6 Å². The predicted octanol–water partition coefficient (Wildman–Crippen LogP) is 3.32. The van der Waals surface area contributed by atoms with Gasteiger partial charge in [0.2, 0.25) is 21.6 Å². The Bertz CT molecular complexity index is 1490. The van der Waals surface area contributed by atoms with Gasteiger partial charge in [0.1, 0.15) is 12.3 Å². The molecular formula is C28H34N6O6S. The number of oxime groups is 1. The largest absolute Gasteiger partial charge is 0.478 e. The van der Waals surface area contributed by atoms with E-state index >= 15 is 0 Å². The number of benzene rings is 2. The van der Waals surface area contributed by atoms with Crippen LogP contribution < -0.4 is 15.4 Å². The summed E-state index contributed by atoms with van der Waals surface area (Å²) in [6.07, 6.45) is 1.53. The van der Waals surface area contributed by atoms with Crippen molar-refractivity contribution in [1.82, 2.24) is 20.0 Å². The zero-order chi connectivity index (χ0) is 29.5. The summed E-state index contributed by atoms with van der Waals surface area (Å²) in [5.41, 5.74) is 1.26. The number of hydrogen-bond donors (Lipinski definition) is 5. The van der Waals surface area contributed by atoms with Gasteiger partial charge >= 0.3 is 5.97 Å². The highest BCUT2D eigenvalue weighted by atomic mass is 32.2. The first-order valence-electron chi connectivity index (χ1n) is 13.3. The lowest BCUT2D eigenvalue weighted by Gasteiger charge is -2.31. The van der Waals surface area contributed by atoms with E-state index in [1.165, 1.54) is 12.1 Å². The van der Waals surface area contributed by atoms with Crippen LogP contribution in [0, 0.1) is 13.8 Å². The minimum Gasteiger partial charge on any atom is -0.478 e. The Morgan fingerprint density at radius 3 is 2.34 bits per heavy atom. The molecule has 1 amide bonds. The van der Waals surface area contributed by atoms with E-state index in [4.69, 9.17) is 4.84 Å². The van der Waals surface area contributed by atoms with Crippen LogP contribution in [0.15, 0.2) is 64.6 Å². The number of nitrogens with one attached hydrogen (secondary N) is 4. The van der Waals surface area contributed by atoms with Gasteiger partial charge in [-0.3, -0.25) is 4.79 Å². The first-order valence-corrected chi connectivity index (χ1v) is 14.8. The summed E-state index contributed by atoms with van der Waals surface area (Å²) in [4.78, 5) is 37.7. The quantitative estimate of drug-likeness (QED) is 0.142. The minimum absolute atomic E-state index is 0.00438. The number of carboxylic acids is 1. The fraction of sp³-hybridized carbons (Fsp3) is 0.357. The summed E-state index contributed by atoms with van der Waals surface area (Å²) < 4.78 is 29.1. The molecule has 218 valence electrons. The van der Waals surface area contributed by atoms with E-state index in [2.05, 4.69) is 30.5 Å². The zero-order valence-electron chi connectivity index (χ0n) is 22.9. The number of rotatable bonds is 14. The molecule has 1 atom stereocenters. The van der Waals surface area contributed by atoms with Gasteiger partial charge in [0.25, 0.3) is 5.91 Å². The minimum atomic E-state index is -4.36. The van der Waals surface area contributed by atoms with Crippen molar-refractivity contribution in [2.45, 2.75) is 56.5 Å². The number of hydrogen-bond acceptors (Lipinski definition) is 8. The molecule has 0 aliphatic carbocycles. The molecule has 13 heteroatoms. The van der Waals surface area contributed by atoms with Crippen molar-refractivity contribution in [3.8, 4) is 11.1 Å². The lowest BCUT2D eigenvalue weighted by molar-refractivity contribution is -0.148. The predicted molar refractivity (Wildman–Crippen MR) is 154 cm³/mol. The highest BCUT2D eigenvalue weighted by molar-refractivity contribution is 7.89. The number of amides is 1. The molecule has 5 N–H and O–H groups in total. The molecule has 0 saturated heterocycles. The third-order valence-electron chi connectivity index (χ3n) is 6.79. The maximum Gasteiger partial charge on any atom is 0.345 e. The van der Waals surface area contributed by atoms with Crippen molar-refractivity contribution in [1.29, 1.82) is 0 Å². The van der Waals surface area contributed by atoms with E-state index in [1.807, 2.05) is 44.2 Å². The van der Waals surface area contributed by atoms with Crippen LogP contribution >= 0.6 is 0 Å². The molecule has 1 aliphatic rings. The summed E-state index contributed by atoms with van der Waals surface area (Å²) in [5, 5.41) is 19.5. The number of anilines is 1. The van der Waals surface area contributed by atoms with Gasteiger partial charge in [0.05, 0.1) is 10.6 Å². The second-order valence-electron chi connectivity index (χ2n) is 9.81. The zero-order valence-corrected chi connectivity index (χ0v) is 23.8. The van der Waals surface area contributed by atoms with Crippen molar-refractivity contribution in [3.63, 3.8) is 0 Å². The summed E-state index contributed by atoms with van der Waals surface area (Å²) in [6, 6.07) is 15.5. The van der Waals surface area contributed by atoms with Gasteiger partial charge in [0, 0.05) is 18.7 Å². The fourth-order valence-electron chi connectivity index (χ4n) is 4.35. The standard InChI is InChI=1S/C28H34N6O6S/c1-19-20(2)31-27(30-19)29-17-8-4-7-16-28(26(36)37,32-25(35)24-15-18-40-33-24)34-41(38,39)23-13-11-22(12-14-23)21-9-5-3-6-10-21/h3,5-6,9-14,34H,4,7-8,15-18H2,1-2H3,(H,32,35)(H,36,37)(H2,29,30,31). The maximum atomic E-state index is 13.4. The molecule has 0 radical (unpaired) electrons. The average molecular weight is 583 g/mol. The van der Waals surface area contributed by atoms with Crippen LogP contribution in [0.25, 0.3) is 11.1 Å². The average Bonchev–Trinajstić information content (AvgIpc) is 3.61. The molecular weight excluding hydrogens is 548 g/mol. The third kappa shape index (κ3) is 7.50. The van der Waals surface area contributed by atoms with Crippen LogP contribution in [0.4, 0.5) is 5.95 Å². The van der Waals surface area contributed by atoms with Crippen LogP contribution in [0.3, 0.4) is 0 Å². The second-order valence-corrected chi connectivity index (χ2v) is 11.5. The fourth-order valence-corrected chi connectivity index (χ4v) is 5.66. The number of carboxylic acid groups (broad SMARTS) is 1. The number of aliphatic carboxylic acids is 1. The Hall–Kier alpha value is -4.23. The van der Waals surface area contributed by atoms with E-state index in [9.17, 15) is 23.1 Å². The summed E-state index contributed by atoms with van der Waals surface area (Å²) >= 11 is 0. The highest BCUT2D eigenvalue weighted by Crippen LogP contribution is 2.23. The molecule has 0 spiro atoms. The molecule has 0 bridgehead atoms. The number of carbonyl (C=O) groups is 2. The van der Waals surface area contributed by atoms with E-state index in [0.717, 1.165) is 22.5 Å². The molecule has 2 heterocycles. The lowest BCUT2D eigenvalue weighted by atomic mass is 10.0. The van der Waals surface area contributed by atoms with Crippen LogP contribution in [-0.4, -0.2) is 59.9 Å². The molecule has 1 aromatic heterocycles. The van der Waals surface area contributed by atoms with Crippen molar-refractivity contribution < 1.29 is 28.0 Å². The lowest BCUT2D eigenvalue weighted by Crippen LogP contribution is -2.66. The SMILES string of the molecule is Cc1nc(NCCCCCC(NC(=O)C2=NOCC2)(NS(=O)(=O)c2ccc(-c3ccccc3)cc2)C(=O)O)[nH]c1C. The van der Waals surface area contributed by atoms with Crippen LogP contribution in [0.2, 0.25) is 0 Å². The molecule has 0 fully saturated rings. The van der Waals surface area contributed by atoms with E-state index in [1.54, 1.807) is 12.1 Å². The van der Waals surface area contributed by atoms with Gasteiger partial charge in [-0.05, 0) is 56.4 Å². The van der Waals surface area contributed by atoms with Gasteiger partial charge < -0.3 is 25.6 Å². The molecule has 41 heavy (non-hydrogen) atoms. The van der Waals surface area contributed by atoms with Crippen LogP contribution in [0.1, 0.15) is 43.5 Å². The first-order chi connectivity index (χ1) is 19.6. The normalized spacial score (nSPS) is 14.5. The van der Waals surface area contributed by atoms with E-state index in [0.29, 0.717) is 31.8 Å². The van der Waals surface area contributed by atoms with Crippen LogP contribution in [0.5, 0.6) is 0 Å². The molecule has 2 aromatic carbocycles. The molecule has 12 nitrogen and oxygen atoms in total. The number of aryl methyl sites for hydroxylation is 2. The van der Waals surface area contributed by atoms with Gasteiger partial charge in [-0.15, -0.1) is 0 Å². The van der Waals surface area contributed by atoms with Crippen molar-refractivity contribution in [2.75, 3.05) is 18.5 Å². The molecule has 1 aliphatic heterocycles. The number of carbonyl (C=O) groups excluding carboxylic acids is 1. The summed E-state index contributed by atoms with van der Waals surface area (Å²) in [6.45, 7) is 4.59. The van der Waals surface area contributed by atoms with Crippen molar-refractivity contribution in [2.24, 2.45) is 5.16 Å². The number of nitrogens with zero attached hydrogens (tertiary/aromatic N) is 2. The maximum absolute atomic E-state index is 13.4. The number of imidazole rings is 1. The monoisotopic (exact) mass is 582 g/mol. The number of aromatic amines is 1. The van der Waals surface area contributed by atoms with Gasteiger partial charge in [-0.25, -0.2) is 18.2 Å². The first kappa shape index (κ1) is 29.7. The molecule has 1 unspecified atom stereocenters. The van der Waals surface area contributed by atoms with Gasteiger partial charge in [-0.1, -0.05) is 54.0 Å². The van der Waals surface area contributed by atoms with Gasteiger partial charge in [0.15, 0.2) is 0 Å². The highest BCUT2D eigenvalue weighted by Gasteiger charge is 2.44. The van der Waals surface area contributed by atoms with Crippen molar-refractivity contribution in [3.05, 3.63) is 66.0 Å². The van der Waals surface area contributed by atoms with E-state index < -0.39 is 27.6 Å². The van der Waals surface area contributed by atoms with Gasteiger partial charge in [-0.2, -0.15) is 4.72 Å². The Morgan fingerprint density at radius 2 is 1.73 bits per heavy atom. The molecule has 3 aromatic rings. The Labute approximate surface area is 238 Å². The molecule has 0 saturated carbocycles. The number of H-pyrrole nitrogens is 1. The number of unbranched alkanes of at least 4 members (excludes halogenated alkanes) is 2. The number of aromatic nitrogens is 2. The molecule has 4 rings (SSSR count). The van der Waals surface area contributed by atoms with E-state index in [-0.39, 0.29) is 30.1 Å². The second kappa shape index (κ2) is 13.0. The topological polar surface area (TPSA) is 175 Å². The summed E-state index contributed by atoms with van der Waals surface area (Å²) in [5.74, 6) is -1.69. The Kier molecular flexibility index (Phi) is 9.40. The third-order valence-corrected chi connectivity index (χ3v) is 8.30. The smallest absolute Gasteiger partial charge is 0.345 e. The number of sulfonamides is 1. The van der Waals surface area contributed by atoms with Crippen LogP contribution in [-0.2, 0) is 24.4 Å².